The second-order valence-electron chi connectivity index (χ2n) is 4.89. The van der Waals surface area contributed by atoms with E-state index in [1.54, 1.807) is 0 Å². The molecule has 0 aromatic rings. The molecule has 0 aromatic carbocycles. The van der Waals surface area contributed by atoms with Gasteiger partial charge in [0.15, 0.2) is 0 Å². The van der Waals surface area contributed by atoms with Crippen LogP contribution in [-0.2, 0) is 0 Å². The number of rotatable bonds is 9. The molecule has 1 unspecified atom stereocenters. The summed E-state index contributed by atoms with van der Waals surface area (Å²) in [4.78, 5) is 2.52. The van der Waals surface area contributed by atoms with E-state index in [-0.39, 0.29) is 2.89 Å². The Morgan fingerprint density at radius 1 is 1.06 bits per heavy atom. The molecule has 4 nitrogen and oxygen atoms in total. The zero-order valence-corrected chi connectivity index (χ0v) is 11.9. The Morgan fingerprint density at radius 3 is 1.81 bits per heavy atom. The van der Waals surface area contributed by atoms with E-state index in [4.69, 9.17) is 0 Å². The van der Waals surface area contributed by atoms with Crippen molar-refractivity contribution in [1.82, 2.24) is 20.9 Å². The SMILES string of the molecule is [Li][CH](N(CCNC)CCNC)[C]([Li])([Li])NC. The van der Waals surface area contributed by atoms with Gasteiger partial charge >= 0.3 is 129 Å². The Balaban J connectivity index is 4.35. The van der Waals surface area contributed by atoms with E-state index < -0.39 is 0 Å². The van der Waals surface area contributed by atoms with Crippen molar-refractivity contribution in [1.29, 1.82) is 0 Å². The molecule has 3 N–H and O–H groups in total. The van der Waals surface area contributed by atoms with Crippen LogP contribution in [0.3, 0.4) is 0 Å². The Labute approximate surface area is 128 Å². The Bertz CT molecular complexity index is 172. The number of likely N-dealkylation sites (N-methyl/N-ethyl adjacent to an activating group) is 3. The maximum absolute atomic E-state index is 3.39. The van der Waals surface area contributed by atoms with Crippen LogP contribution in [0.15, 0.2) is 0 Å². The van der Waals surface area contributed by atoms with Gasteiger partial charge in [0, 0.05) is 0 Å². The standard InChI is InChI=1S/C9H21N4.3Li/c1-10-4-7-13(8-5-11-2)9-6-12-3;;;/h9-12H,4-5,7-8H2,1-3H3;;;. The summed E-state index contributed by atoms with van der Waals surface area (Å²) in [5.41, 5.74) is 0. The Hall–Kier alpha value is 1.63. The van der Waals surface area contributed by atoms with Crippen molar-refractivity contribution in [3.8, 4) is 0 Å². The molecule has 0 aliphatic rings. The van der Waals surface area contributed by atoms with Gasteiger partial charge < -0.3 is 0 Å². The van der Waals surface area contributed by atoms with Crippen molar-refractivity contribution >= 4 is 53.1 Å². The van der Waals surface area contributed by atoms with Gasteiger partial charge in [-0.3, -0.25) is 0 Å². The fourth-order valence-electron chi connectivity index (χ4n) is 1.68. The van der Waals surface area contributed by atoms with Crippen molar-refractivity contribution in [3.63, 3.8) is 0 Å². The van der Waals surface area contributed by atoms with Gasteiger partial charge in [0.25, 0.3) is 0 Å². The molecule has 16 heavy (non-hydrogen) atoms. The number of nitrogens with zero attached hydrogens (tertiary/aromatic N) is 1. The fraction of sp³-hybridized carbons (Fsp3) is 1.00. The molecule has 0 aliphatic carbocycles. The molecule has 0 radical (unpaired) electrons. The van der Waals surface area contributed by atoms with E-state index in [9.17, 15) is 0 Å². The number of nitrogens with one attached hydrogen (secondary N) is 3. The van der Waals surface area contributed by atoms with Gasteiger partial charge in [-0.2, -0.15) is 0 Å². The van der Waals surface area contributed by atoms with Crippen molar-refractivity contribution in [2.75, 3.05) is 47.3 Å². The third-order valence-electron chi connectivity index (χ3n) is 3.53. The van der Waals surface area contributed by atoms with Crippen LogP contribution in [0.2, 0.25) is 0 Å². The van der Waals surface area contributed by atoms with Crippen molar-refractivity contribution in [2.24, 2.45) is 0 Å². The summed E-state index contributed by atoms with van der Waals surface area (Å²) < 4.78 is 0.654. The van der Waals surface area contributed by atoms with Crippen LogP contribution in [0.1, 0.15) is 0 Å². The first-order valence-electron chi connectivity index (χ1n) is 6.21. The molecule has 0 aromatic heterocycles. The van der Waals surface area contributed by atoms with Crippen molar-refractivity contribution in [3.05, 3.63) is 0 Å². The van der Waals surface area contributed by atoms with Crippen molar-refractivity contribution in [2.45, 2.75) is 7.60 Å². The topological polar surface area (TPSA) is 39.3 Å². The molecule has 1 atom stereocenters. The van der Waals surface area contributed by atoms with Gasteiger partial charge in [-0.15, -0.1) is 0 Å². The molecule has 0 rings (SSSR count). The van der Waals surface area contributed by atoms with Crippen LogP contribution < -0.4 is 16.0 Å². The summed E-state index contributed by atoms with van der Waals surface area (Å²) in [7, 11) is 6.04. The molecule has 0 spiro atoms. The molecular formula is C9H21Li3N4. The minimum atomic E-state index is 0.140. The van der Waals surface area contributed by atoms with Crippen LogP contribution in [0.5, 0.6) is 0 Å². The van der Waals surface area contributed by atoms with Crippen LogP contribution >= 0.6 is 0 Å². The predicted molar refractivity (Wildman–Crippen MR) is 72.3 cm³/mol. The first-order chi connectivity index (χ1) is 7.49. The van der Waals surface area contributed by atoms with Crippen LogP contribution in [-0.4, -0.2) is 113 Å². The Morgan fingerprint density at radius 2 is 1.50 bits per heavy atom. The normalized spacial score (nSPS) is 14.6. The average molecular weight is 206 g/mol. The second-order valence-corrected chi connectivity index (χ2v) is 4.89. The van der Waals surface area contributed by atoms with E-state index in [0.717, 1.165) is 26.2 Å². The molecule has 7 heteroatoms. The van der Waals surface area contributed by atoms with Gasteiger partial charge in [0.05, 0.1) is 0 Å². The van der Waals surface area contributed by atoms with Crippen molar-refractivity contribution < 1.29 is 0 Å². The van der Waals surface area contributed by atoms with E-state index in [2.05, 4.69) is 74.0 Å². The summed E-state index contributed by atoms with van der Waals surface area (Å²) in [5.74, 6) is 0. The minimum absolute atomic E-state index is 0.140. The van der Waals surface area contributed by atoms with Gasteiger partial charge in [-0.25, -0.2) is 0 Å². The molecule has 0 aliphatic heterocycles. The fourth-order valence-corrected chi connectivity index (χ4v) is 1.68. The van der Waals surface area contributed by atoms with E-state index in [0.29, 0.717) is 4.71 Å². The van der Waals surface area contributed by atoms with E-state index in [1.165, 1.54) is 0 Å². The zero-order chi connectivity index (χ0) is 12.6. The second kappa shape index (κ2) is 9.55. The van der Waals surface area contributed by atoms with Gasteiger partial charge in [0.1, 0.15) is 0 Å². The molecule has 80 valence electrons. The monoisotopic (exact) mass is 206 g/mol. The zero-order valence-electron chi connectivity index (χ0n) is 11.9. The summed E-state index contributed by atoms with van der Waals surface area (Å²) in [6.07, 6.45) is 0. The number of hydrogen-bond donors (Lipinski definition) is 3. The third kappa shape index (κ3) is 6.53. The first kappa shape index (κ1) is 17.6. The molecule has 0 saturated heterocycles. The quantitative estimate of drug-likeness (QED) is 0.363. The summed E-state index contributed by atoms with van der Waals surface area (Å²) in [6.45, 7) is 4.25. The molecule has 0 saturated carbocycles. The molecule has 0 amide bonds. The van der Waals surface area contributed by atoms with Crippen LogP contribution in [0, 0.1) is 0 Å². The summed E-state index contributed by atoms with van der Waals surface area (Å²) >= 11 is 6.80. The Kier molecular flexibility index (Phi) is 10.5. The van der Waals surface area contributed by atoms with Gasteiger partial charge in [0.2, 0.25) is 0 Å². The molecule has 0 fully saturated rings. The maximum atomic E-state index is 3.39. The summed E-state index contributed by atoms with van der Waals surface area (Å²) in [5, 5.41) is 9.82. The predicted octanol–water partition coefficient (Wildman–Crippen LogP) is -2.57. The van der Waals surface area contributed by atoms with Crippen LogP contribution in [0.25, 0.3) is 0 Å². The summed E-state index contributed by atoms with van der Waals surface area (Å²) in [6, 6.07) is 0. The first-order valence-corrected chi connectivity index (χ1v) is 6.21. The molecule has 0 bridgehead atoms. The van der Waals surface area contributed by atoms with E-state index in [1.807, 2.05) is 21.1 Å². The van der Waals surface area contributed by atoms with Gasteiger partial charge in [-0.05, 0) is 0 Å². The average Bonchev–Trinajstić information content (AvgIpc) is 2.28. The third-order valence-corrected chi connectivity index (χ3v) is 3.53. The van der Waals surface area contributed by atoms with Gasteiger partial charge in [-0.1, -0.05) is 0 Å². The number of hydrogen-bond acceptors (Lipinski definition) is 4. The van der Waals surface area contributed by atoms with Crippen LogP contribution in [0.4, 0.5) is 0 Å². The van der Waals surface area contributed by atoms with E-state index >= 15 is 0 Å². The molecular weight excluding hydrogens is 185 g/mol. The molecule has 0 heterocycles.